The maximum atomic E-state index is 12.8. The number of piperazine rings is 1. The zero-order valence-corrected chi connectivity index (χ0v) is 20.8. The second-order valence-corrected chi connectivity index (χ2v) is 10.2. The predicted molar refractivity (Wildman–Crippen MR) is 126 cm³/mol. The van der Waals surface area contributed by atoms with E-state index in [1.54, 1.807) is 6.07 Å². The number of carbonyl (C=O) groups is 2. The van der Waals surface area contributed by atoms with Gasteiger partial charge in [-0.05, 0) is 56.3 Å². The highest BCUT2D eigenvalue weighted by molar-refractivity contribution is 7.89. The van der Waals surface area contributed by atoms with Crippen LogP contribution in [0.4, 0.5) is 0 Å². The predicted octanol–water partition coefficient (Wildman–Crippen LogP) is 2.83. The van der Waals surface area contributed by atoms with E-state index in [2.05, 4.69) is 0 Å². The number of benzene rings is 2. The standard InChI is InChI=1S/C23H27ClN2O7S/c1-16(2)33-20-9-4-17(14-21(20)31-3)23(28)32-15-22(27)25-10-12-26(13-11-25)34(29,30)19-7-5-18(24)6-8-19/h4-9,14,16H,10-13,15H2,1-3H3. The molecule has 0 bridgehead atoms. The summed E-state index contributed by atoms with van der Waals surface area (Å²) in [6, 6.07) is 10.6. The van der Waals surface area contributed by atoms with Crippen LogP contribution in [0.3, 0.4) is 0 Å². The Hall–Kier alpha value is -2.82. The molecule has 11 heteroatoms. The third-order valence-electron chi connectivity index (χ3n) is 5.13. The molecule has 1 amide bonds. The van der Waals surface area contributed by atoms with Crippen molar-refractivity contribution in [1.82, 2.24) is 9.21 Å². The van der Waals surface area contributed by atoms with Crippen LogP contribution < -0.4 is 9.47 Å². The van der Waals surface area contributed by atoms with Crippen LogP contribution in [-0.2, 0) is 19.6 Å². The molecule has 0 saturated carbocycles. The highest BCUT2D eigenvalue weighted by Gasteiger charge is 2.30. The first-order valence-electron chi connectivity index (χ1n) is 10.7. The number of carbonyl (C=O) groups excluding carboxylic acids is 2. The Balaban J connectivity index is 1.53. The second kappa shape index (κ2) is 11.1. The topological polar surface area (TPSA) is 102 Å². The summed E-state index contributed by atoms with van der Waals surface area (Å²) in [6.07, 6.45) is -0.0639. The van der Waals surface area contributed by atoms with E-state index in [-0.39, 0.29) is 42.7 Å². The summed E-state index contributed by atoms with van der Waals surface area (Å²) >= 11 is 5.83. The molecule has 3 rings (SSSR count). The van der Waals surface area contributed by atoms with Crippen molar-refractivity contribution in [3.05, 3.63) is 53.1 Å². The molecule has 1 aliphatic rings. The molecular formula is C23H27ClN2O7S. The van der Waals surface area contributed by atoms with Gasteiger partial charge in [-0.25, -0.2) is 13.2 Å². The number of amides is 1. The van der Waals surface area contributed by atoms with Gasteiger partial charge in [-0.1, -0.05) is 11.6 Å². The molecule has 2 aromatic rings. The van der Waals surface area contributed by atoms with E-state index < -0.39 is 28.5 Å². The number of nitrogens with zero attached hydrogens (tertiary/aromatic N) is 2. The van der Waals surface area contributed by atoms with Crippen LogP contribution >= 0.6 is 11.6 Å². The first kappa shape index (κ1) is 25.8. The molecule has 0 radical (unpaired) electrons. The van der Waals surface area contributed by atoms with Crippen molar-refractivity contribution in [3.63, 3.8) is 0 Å². The smallest absolute Gasteiger partial charge is 0.338 e. The van der Waals surface area contributed by atoms with E-state index >= 15 is 0 Å². The average Bonchev–Trinajstić information content (AvgIpc) is 2.82. The van der Waals surface area contributed by atoms with Crippen molar-refractivity contribution in [2.24, 2.45) is 0 Å². The van der Waals surface area contributed by atoms with Gasteiger partial charge >= 0.3 is 5.97 Å². The Labute approximate surface area is 204 Å². The Morgan fingerprint density at radius 1 is 1.00 bits per heavy atom. The van der Waals surface area contributed by atoms with Crippen LogP contribution in [0.15, 0.2) is 47.4 Å². The van der Waals surface area contributed by atoms with Gasteiger partial charge in [0, 0.05) is 31.2 Å². The molecule has 1 heterocycles. The molecule has 0 unspecified atom stereocenters. The monoisotopic (exact) mass is 510 g/mol. The summed E-state index contributed by atoms with van der Waals surface area (Å²) in [5.41, 5.74) is 0.222. The van der Waals surface area contributed by atoms with Gasteiger partial charge in [-0.2, -0.15) is 4.31 Å². The quantitative estimate of drug-likeness (QED) is 0.503. The molecule has 0 atom stereocenters. The fraction of sp³-hybridized carbons (Fsp3) is 0.391. The minimum atomic E-state index is -3.68. The van der Waals surface area contributed by atoms with Crippen molar-refractivity contribution in [3.8, 4) is 11.5 Å². The van der Waals surface area contributed by atoms with Gasteiger partial charge in [0.25, 0.3) is 5.91 Å². The molecule has 9 nitrogen and oxygen atoms in total. The Morgan fingerprint density at radius 2 is 1.65 bits per heavy atom. The summed E-state index contributed by atoms with van der Waals surface area (Å²) in [7, 11) is -2.21. The van der Waals surface area contributed by atoms with Crippen LogP contribution in [-0.4, -0.2) is 75.5 Å². The van der Waals surface area contributed by atoms with Crippen molar-refractivity contribution < 1.29 is 32.2 Å². The maximum absolute atomic E-state index is 12.8. The zero-order chi connectivity index (χ0) is 24.9. The lowest BCUT2D eigenvalue weighted by molar-refractivity contribution is -0.135. The molecule has 1 fully saturated rings. The van der Waals surface area contributed by atoms with Crippen molar-refractivity contribution in [1.29, 1.82) is 0 Å². The molecule has 34 heavy (non-hydrogen) atoms. The number of hydrogen-bond acceptors (Lipinski definition) is 7. The lowest BCUT2D eigenvalue weighted by Gasteiger charge is -2.33. The van der Waals surface area contributed by atoms with Crippen LogP contribution in [0.1, 0.15) is 24.2 Å². The molecular weight excluding hydrogens is 484 g/mol. The molecule has 1 saturated heterocycles. The van der Waals surface area contributed by atoms with Crippen molar-refractivity contribution >= 4 is 33.5 Å². The van der Waals surface area contributed by atoms with E-state index in [9.17, 15) is 18.0 Å². The summed E-state index contributed by atoms with van der Waals surface area (Å²) < 4.78 is 42.9. The molecule has 0 aromatic heterocycles. The van der Waals surface area contributed by atoms with Gasteiger partial charge in [-0.15, -0.1) is 0 Å². The van der Waals surface area contributed by atoms with Gasteiger partial charge in [0.05, 0.1) is 23.7 Å². The van der Waals surface area contributed by atoms with Gasteiger partial charge in [0.1, 0.15) is 0 Å². The molecule has 0 aliphatic carbocycles. The summed E-state index contributed by atoms with van der Waals surface area (Å²) in [4.78, 5) is 26.5. The number of halogens is 1. The molecule has 0 spiro atoms. The van der Waals surface area contributed by atoms with Gasteiger partial charge in [-0.3, -0.25) is 4.79 Å². The summed E-state index contributed by atoms with van der Waals surface area (Å²) in [6.45, 7) is 3.96. The van der Waals surface area contributed by atoms with Crippen molar-refractivity contribution in [2.45, 2.75) is 24.8 Å². The Bertz CT molecular complexity index is 1130. The molecule has 2 aromatic carbocycles. The Kier molecular flexibility index (Phi) is 8.40. The van der Waals surface area contributed by atoms with Crippen LogP contribution in [0, 0.1) is 0 Å². The third-order valence-corrected chi connectivity index (χ3v) is 7.30. The number of ether oxygens (including phenoxy) is 3. The fourth-order valence-electron chi connectivity index (χ4n) is 3.38. The maximum Gasteiger partial charge on any atom is 0.338 e. The van der Waals surface area contributed by atoms with Crippen LogP contribution in [0.25, 0.3) is 0 Å². The van der Waals surface area contributed by atoms with Gasteiger partial charge in [0.15, 0.2) is 18.1 Å². The second-order valence-electron chi connectivity index (χ2n) is 7.85. The highest BCUT2D eigenvalue weighted by atomic mass is 35.5. The lowest BCUT2D eigenvalue weighted by Crippen LogP contribution is -2.51. The lowest BCUT2D eigenvalue weighted by atomic mass is 10.2. The minimum absolute atomic E-state index is 0.0639. The number of sulfonamides is 1. The summed E-state index contributed by atoms with van der Waals surface area (Å²) in [5, 5.41) is 0.446. The van der Waals surface area contributed by atoms with Crippen LogP contribution in [0.2, 0.25) is 5.02 Å². The molecule has 184 valence electrons. The zero-order valence-electron chi connectivity index (χ0n) is 19.2. The number of hydrogen-bond donors (Lipinski definition) is 0. The first-order valence-corrected chi connectivity index (χ1v) is 12.5. The van der Waals surface area contributed by atoms with Gasteiger partial charge < -0.3 is 19.1 Å². The summed E-state index contributed by atoms with van der Waals surface area (Å²) in [5.74, 6) is -0.195. The molecule has 0 N–H and O–H groups in total. The largest absolute Gasteiger partial charge is 0.493 e. The van der Waals surface area contributed by atoms with E-state index in [0.717, 1.165) is 0 Å². The normalized spacial score (nSPS) is 14.7. The minimum Gasteiger partial charge on any atom is -0.493 e. The number of methoxy groups -OCH3 is 1. The fourth-order valence-corrected chi connectivity index (χ4v) is 4.93. The van der Waals surface area contributed by atoms with Crippen molar-refractivity contribution in [2.75, 3.05) is 39.9 Å². The molecule has 1 aliphatic heterocycles. The SMILES string of the molecule is COc1cc(C(=O)OCC(=O)N2CCN(S(=O)(=O)c3ccc(Cl)cc3)CC2)ccc1OC(C)C. The van der Waals surface area contributed by atoms with E-state index in [1.165, 1.54) is 52.7 Å². The number of rotatable bonds is 8. The van der Waals surface area contributed by atoms with Crippen LogP contribution in [0.5, 0.6) is 11.5 Å². The van der Waals surface area contributed by atoms with E-state index in [1.807, 2.05) is 13.8 Å². The van der Waals surface area contributed by atoms with E-state index in [0.29, 0.717) is 16.5 Å². The Morgan fingerprint density at radius 3 is 2.24 bits per heavy atom. The number of esters is 1. The highest BCUT2D eigenvalue weighted by Crippen LogP contribution is 2.29. The van der Waals surface area contributed by atoms with Gasteiger partial charge in [0.2, 0.25) is 10.0 Å². The third kappa shape index (κ3) is 6.19. The van der Waals surface area contributed by atoms with E-state index in [4.69, 9.17) is 25.8 Å². The first-order chi connectivity index (χ1) is 16.1. The average molecular weight is 511 g/mol.